The number of hydrogen-bond acceptors (Lipinski definition) is 4. The Hall–Kier alpha value is -1.87. The van der Waals surface area contributed by atoms with Crippen molar-refractivity contribution in [2.45, 2.75) is 31.5 Å². The number of fused-ring (bicyclic) bond motifs is 1. The Bertz CT molecular complexity index is 821. The lowest BCUT2D eigenvalue weighted by Crippen LogP contribution is -2.51. The van der Waals surface area contributed by atoms with Crippen LogP contribution in [0.1, 0.15) is 19.8 Å². The SMILES string of the molecule is CN1C(=O)C2=CC(S(=O)(=O)NC3(C)CC3)=CC(F)C2=[N+](C)C1=O. The summed E-state index contributed by atoms with van der Waals surface area (Å²) in [6.07, 6.45) is 1.62. The molecule has 2 aliphatic carbocycles. The van der Waals surface area contributed by atoms with Crippen LogP contribution in [0.4, 0.5) is 9.18 Å². The van der Waals surface area contributed by atoms with Crippen molar-refractivity contribution in [1.29, 1.82) is 0 Å². The normalized spacial score (nSPS) is 26.8. The minimum Gasteiger partial charge on any atom is -0.241 e. The maximum absolute atomic E-state index is 14.5. The van der Waals surface area contributed by atoms with Gasteiger partial charge in [-0.1, -0.05) is 0 Å². The largest absolute Gasteiger partial charge is 0.500 e. The summed E-state index contributed by atoms with van der Waals surface area (Å²) < 4.78 is 42.8. The predicted molar refractivity (Wildman–Crippen MR) is 80.1 cm³/mol. The van der Waals surface area contributed by atoms with Gasteiger partial charge in [0, 0.05) is 5.54 Å². The van der Waals surface area contributed by atoms with E-state index in [0.717, 1.165) is 21.6 Å². The van der Waals surface area contributed by atoms with Crippen LogP contribution in [0.25, 0.3) is 0 Å². The molecule has 1 N–H and O–H groups in total. The van der Waals surface area contributed by atoms with Gasteiger partial charge >= 0.3 is 11.9 Å². The van der Waals surface area contributed by atoms with E-state index in [4.69, 9.17) is 0 Å². The molecule has 0 aromatic carbocycles. The number of allylic oxidation sites excluding steroid dienone is 2. The first kappa shape index (κ1) is 16.0. The van der Waals surface area contributed by atoms with Gasteiger partial charge in [0.05, 0.1) is 19.0 Å². The highest BCUT2D eigenvalue weighted by atomic mass is 32.2. The van der Waals surface area contributed by atoms with Gasteiger partial charge in [-0.05, 0) is 31.9 Å². The van der Waals surface area contributed by atoms with Crippen LogP contribution in [-0.4, -0.2) is 61.3 Å². The van der Waals surface area contributed by atoms with Crippen LogP contribution in [0.15, 0.2) is 22.6 Å². The molecular weight excluding hydrogens is 325 g/mol. The summed E-state index contributed by atoms with van der Waals surface area (Å²) in [7, 11) is -1.32. The van der Waals surface area contributed by atoms with Crippen molar-refractivity contribution in [1.82, 2.24) is 9.62 Å². The molecule has 1 saturated carbocycles. The second-order valence-electron chi connectivity index (χ2n) is 6.29. The quantitative estimate of drug-likeness (QED) is 0.747. The van der Waals surface area contributed by atoms with E-state index < -0.39 is 33.7 Å². The zero-order valence-corrected chi connectivity index (χ0v) is 13.8. The summed E-state index contributed by atoms with van der Waals surface area (Å²) >= 11 is 0. The number of sulfonamides is 1. The fourth-order valence-corrected chi connectivity index (χ4v) is 4.15. The molecule has 1 atom stereocenters. The van der Waals surface area contributed by atoms with E-state index in [9.17, 15) is 22.4 Å². The van der Waals surface area contributed by atoms with E-state index in [2.05, 4.69) is 4.72 Å². The topological polar surface area (TPSA) is 86.6 Å². The standard InChI is InChI=1S/C14H17FN3O4S/c1-14(4-5-14)16-23(21,22)8-6-9-11(10(15)7-8)17(2)13(20)18(3)12(9)19/h6-7,10,16H,4-5H2,1-3H3/q+1. The highest BCUT2D eigenvalue weighted by molar-refractivity contribution is 7.93. The Morgan fingerprint density at radius 2 is 2.00 bits per heavy atom. The molecule has 0 radical (unpaired) electrons. The van der Waals surface area contributed by atoms with Crippen molar-refractivity contribution in [2.75, 3.05) is 14.1 Å². The van der Waals surface area contributed by atoms with Crippen LogP contribution < -0.4 is 4.72 Å². The highest BCUT2D eigenvalue weighted by Gasteiger charge is 2.47. The molecule has 124 valence electrons. The third-order valence-corrected chi connectivity index (χ3v) is 5.93. The van der Waals surface area contributed by atoms with Gasteiger partial charge in [-0.25, -0.2) is 22.3 Å². The molecule has 1 aliphatic heterocycles. The van der Waals surface area contributed by atoms with Crippen molar-refractivity contribution in [3.05, 3.63) is 22.6 Å². The molecule has 9 heteroatoms. The molecule has 3 rings (SSSR count). The van der Waals surface area contributed by atoms with E-state index in [0.29, 0.717) is 12.8 Å². The fourth-order valence-electron chi connectivity index (χ4n) is 2.61. The van der Waals surface area contributed by atoms with Crippen molar-refractivity contribution in [3.8, 4) is 0 Å². The van der Waals surface area contributed by atoms with Crippen LogP contribution in [0.2, 0.25) is 0 Å². The number of urea groups is 1. The highest BCUT2D eigenvalue weighted by Crippen LogP contribution is 2.36. The minimum absolute atomic E-state index is 0.120. The van der Waals surface area contributed by atoms with Gasteiger partial charge < -0.3 is 0 Å². The Kier molecular flexibility index (Phi) is 3.35. The monoisotopic (exact) mass is 342 g/mol. The van der Waals surface area contributed by atoms with Crippen LogP contribution in [-0.2, 0) is 14.8 Å². The number of carbonyl (C=O) groups excluding carboxylic acids is 2. The van der Waals surface area contributed by atoms with E-state index >= 15 is 0 Å². The summed E-state index contributed by atoms with van der Waals surface area (Å²) in [6.45, 7) is 1.76. The van der Waals surface area contributed by atoms with Gasteiger partial charge in [-0.2, -0.15) is 14.3 Å². The van der Waals surface area contributed by atoms with E-state index in [1.165, 1.54) is 14.1 Å². The Labute approximate surface area is 133 Å². The van der Waals surface area contributed by atoms with Crippen LogP contribution >= 0.6 is 0 Å². The maximum atomic E-state index is 14.5. The molecule has 0 saturated heterocycles. The zero-order valence-electron chi connectivity index (χ0n) is 13.0. The summed E-state index contributed by atoms with van der Waals surface area (Å²) in [6, 6.07) is -0.659. The number of amides is 3. The average Bonchev–Trinajstić information content (AvgIpc) is 3.18. The minimum atomic E-state index is -3.93. The van der Waals surface area contributed by atoms with Gasteiger partial charge in [-0.3, -0.25) is 0 Å². The third-order valence-electron chi connectivity index (χ3n) is 4.30. The predicted octanol–water partition coefficient (Wildman–Crippen LogP) is 0.296. The molecule has 0 aromatic rings. The molecule has 3 amide bonds. The van der Waals surface area contributed by atoms with Gasteiger partial charge in [0.25, 0.3) is 0 Å². The molecule has 0 bridgehead atoms. The van der Waals surface area contributed by atoms with E-state index in [1.807, 2.05) is 0 Å². The number of rotatable bonds is 3. The average molecular weight is 342 g/mol. The number of likely N-dealkylation sites (N-methyl/N-ethyl adjacent to an activating group) is 1. The summed E-state index contributed by atoms with van der Waals surface area (Å²) in [5, 5.41) is 0. The number of carbonyl (C=O) groups is 2. The molecule has 23 heavy (non-hydrogen) atoms. The number of nitrogens with zero attached hydrogens (tertiary/aromatic N) is 2. The molecule has 7 nitrogen and oxygen atoms in total. The summed E-state index contributed by atoms with van der Waals surface area (Å²) in [5.41, 5.74) is -0.755. The number of hydrogen-bond donors (Lipinski definition) is 1. The van der Waals surface area contributed by atoms with Gasteiger partial charge in [0.15, 0.2) is 11.9 Å². The second-order valence-corrected chi connectivity index (χ2v) is 7.97. The number of alkyl halides is 1. The Balaban J connectivity index is 2.06. The number of imide groups is 1. The second kappa shape index (κ2) is 4.81. The molecule has 3 aliphatic rings. The van der Waals surface area contributed by atoms with E-state index in [1.54, 1.807) is 6.92 Å². The molecular formula is C14H17FN3O4S+. The zero-order chi connectivity index (χ0) is 17.2. The fraction of sp³-hybridized carbons (Fsp3) is 0.500. The molecule has 1 heterocycles. The number of nitrogens with one attached hydrogen (secondary N) is 1. The first-order valence-electron chi connectivity index (χ1n) is 7.10. The Morgan fingerprint density at radius 1 is 1.39 bits per heavy atom. The van der Waals surface area contributed by atoms with Crippen molar-refractivity contribution < 1.29 is 27.0 Å². The lowest BCUT2D eigenvalue weighted by molar-refractivity contribution is -0.404. The lowest BCUT2D eigenvalue weighted by atomic mass is 9.97. The molecule has 1 fully saturated rings. The lowest BCUT2D eigenvalue weighted by Gasteiger charge is -2.24. The Morgan fingerprint density at radius 3 is 2.57 bits per heavy atom. The van der Waals surface area contributed by atoms with Gasteiger partial charge in [0.2, 0.25) is 10.0 Å². The third kappa shape index (κ3) is 2.53. The van der Waals surface area contributed by atoms with E-state index in [-0.39, 0.29) is 16.2 Å². The van der Waals surface area contributed by atoms with Crippen LogP contribution in [0.3, 0.4) is 0 Å². The van der Waals surface area contributed by atoms with Crippen molar-refractivity contribution in [3.63, 3.8) is 0 Å². The molecule has 1 unspecified atom stereocenters. The molecule has 0 aromatic heterocycles. The first-order valence-corrected chi connectivity index (χ1v) is 8.59. The summed E-state index contributed by atoms with van der Waals surface area (Å²) in [5.74, 6) is -0.718. The van der Waals surface area contributed by atoms with Gasteiger partial charge in [0.1, 0.15) is 5.57 Å². The first-order chi connectivity index (χ1) is 10.6. The van der Waals surface area contributed by atoms with Gasteiger partial charge in [-0.15, -0.1) is 0 Å². The van der Waals surface area contributed by atoms with Crippen LogP contribution in [0, 0.1) is 0 Å². The maximum Gasteiger partial charge on any atom is 0.500 e. The smallest absolute Gasteiger partial charge is 0.241 e. The van der Waals surface area contributed by atoms with Crippen molar-refractivity contribution in [2.24, 2.45) is 0 Å². The van der Waals surface area contributed by atoms with Crippen LogP contribution in [0.5, 0.6) is 0 Å². The molecule has 0 spiro atoms. The summed E-state index contributed by atoms with van der Waals surface area (Å²) in [4.78, 5) is 24.6. The van der Waals surface area contributed by atoms with Crippen molar-refractivity contribution >= 4 is 27.7 Å². The number of halogens is 1.